The predicted octanol–water partition coefficient (Wildman–Crippen LogP) is 1.92. The number of hydrogen-bond donors (Lipinski definition) is 1. The van der Waals surface area contributed by atoms with Crippen LogP contribution in [0.4, 0.5) is 0 Å². The van der Waals surface area contributed by atoms with E-state index in [1.165, 1.54) is 13.5 Å². The lowest BCUT2D eigenvalue weighted by molar-refractivity contribution is -0.160. The van der Waals surface area contributed by atoms with Gasteiger partial charge in [-0.2, -0.15) is 0 Å². The molecule has 1 saturated carbocycles. The van der Waals surface area contributed by atoms with Gasteiger partial charge in [0, 0.05) is 20.2 Å². The molecule has 3 atom stereocenters. The van der Waals surface area contributed by atoms with Gasteiger partial charge in [-0.05, 0) is 31.6 Å². The molecule has 0 radical (unpaired) electrons. The molecule has 1 N–H and O–H groups in total. The van der Waals surface area contributed by atoms with E-state index in [2.05, 4.69) is 6.92 Å². The Kier molecular flexibility index (Phi) is 6.41. The van der Waals surface area contributed by atoms with E-state index < -0.39 is 11.4 Å². The number of carboxylic acid groups (broad SMARTS) is 1. The van der Waals surface area contributed by atoms with E-state index in [4.69, 9.17) is 9.47 Å². The minimum atomic E-state index is -0.985. The van der Waals surface area contributed by atoms with Crippen LogP contribution < -0.4 is 0 Å². The van der Waals surface area contributed by atoms with Crippen molar-refractivity contribution in [3.8, 4) is 0 Å². The van der Waals surface area contributed by atoms with Crippen molar-refractivity contribution in [1.82, 2.24) is 4.90 Å². The van der Waals surface area contributed by atoms with Crippen LogP contribution in [0.3, 0.4) is 0 Å². The number of likely N-dealkylation sites (tertiary alicyclic amines) is 1. The molecule has 0 spiro atoms. The molecule has 3 unspecified atom stereocenters. The quantitative estimate of drug-likeness (QED) is 0.806. The zero-order chi connectivity index (χ0) is 16.9. The molecule has 0 bridgehead atoms. The van der Waals surface area contributed by atoms with Crippen LogP contribution in [0.2, 0.25) is 0 Å². The van der Waals surface area contributed by atoms with Crippen molar-refractivity contribution in [1.29, 1.82) is 0 Å². The molecule has 1 saturated heterocycles. The molecule has 6 heteroatoms. The lowest BCUT2D eigenvalue weighted by Gasteiger charge is -2.39. The van der Waals surface area contributed by atoms with Gasteiger partial charge in [0.15, 0.2) is 0 Å². The van der Waals surface area contributed by atoms with E-state index in [1.54, 1.807) is 4.90 Å². The van der Waals surface area contributed by atoms with E-state index in [-0.39, 0.29) is 31.8 Å². The number of piperidine rings is 1. The van der Waals surface area contributed by atoms with E-state index in [0.717, 1.165) is 19.3 Å². The second-order valence-electron chi connectivity index (χ2n) is 7.05. The Morgan fingerprint density at radius 3 is 2.65 bits per heavy atom. The third kappa shape index (κ3) is 4.44. The Morgan fingerprint density at radius 1 is 1.26 bits per heavy atom. The average Bonchev–Trinajstić information content (AvgIpc) is 2.54. The minimum Gasteiger partial charge on any atom is -0.481 e. The summed E-state index contributed by atoms with van der Waals surface area (Å²) in [5.41, 5.74) is -0.985. The van der Waals surface area contributed by atoms with Crippen molar-refractivity contribution >= 4 is 11.9 Å². The van der Waals surface area contributed by atoms with Crippen LogP contribution in [-0.4, -0.2) is 61.4 Å². The van der Waals surface area contributed by atoms with Crippen LogP contribution >= 0.6 is 0 Å². The number of aliphatic carboxylic acids is 1. The zero-order valence-electron chi connectivity index (χ0n) is 14.3. The molecule has 2 aliphatic rings. The molecule has 1 aliphatic heterocycles. The van der Waals surface area contributed by atoms with Crippen LogP contribution in [0.1, 0.15) is 45.4 Å². The van der Waals surface area contributed by atoms with Crippen molar-refractivity contribution < 1.29 is 24.2 Å². The van der Waals surface area contributed by atoms with Gasteiger partial charge in [0.2, 0.25) is 5.91 Å². The highest BCUT2D eigenvalue weighted by molar-refractivity contribution is 5.80. The van der Waals surface area contributed by atoms with Gasteiger partial charge in [-0.1, -0.05) is 19.8 Å². The molecule has 1 heterocycles. The number of amides is 1. The average molecular weight is 327 g/mol. The highest BCUT2D eigenvalue weighted by Gasteiger charge is 2.43. The molecule has 0 aromatic carbocycles. The van der Waals surface area contributed by atoms with Gasteiger partial charge < -0.3 is 19.5 Å². The van der Waals surface area contributed by atoms with Gasteiger partial charge in [0.05, 0.1) is 12.7 Å². The second kappa shape index (κ2) is 8.11. The maximum atomic E-state index is 12.4. The summed E-state index contributed by atoms with van der Waals surface area (Å²) in [5, 5.41) is 9.54. The van der Waals surface area contributed by atoms with Gasteiger partial charge in [-0.25, -0.2) is 0 Å². The smallest absolute Gasteiger partial charge is 0.313 e. The molecule has 0 aromatic heterocycles. The first-order valence-electron chi connectivity index (χ1n) is 8.60. The first-order chi connectivity index (χ1) is 11.0. The minimum absolute atomic E-state index is 0.0533. The van der Waals surface area contributed by atoms with Crippen molar-refractivity contribution in [2.75, 3.05) is 33.4 Å². The Morgan fingerprint density at radius 2 is 2.00 bits per heavy atom. The zero-order valence-corrected chi connectivity index (χ0v) is 14.3. The van der Waals surface area contributed by atoms with Gasteiger partial charge in [0.1, 0.15) is 12.0 Å². The topological polar surface area (TPSA) is 76.1 Å². The Labute approximate surface area is 138 Å². The highest BCUT2D eigenvalue weighted by Crippen LogP contribution is 2.31. The molecule has 2 fully saturated rings. The van der Waals surface area contributed by atoms with E-state index in [9.17, 15) is 14.7 Å². The van der Waals surface area contributed by atoms with Gasteiger partial charge >= 0.3 is 5.97 Å². The maximum Gasteiger partial charge on any atom is 0.313 e. The number of ether oxygens (including phenoxy) is 2. The molecule has 6 nitrogen and oxygen atoms in total. The van der Waals surface area contributed by atoms with Crippen molar-refractivity contribution in [3.63, 3.8) is 0 Å². The molecule has 1 amide bonds. The second-order valence-corrected chi connectivity index (χ2v) is 7.05. The van der Waals surface area contributed by atoms with E-state index in [0.29, 0.717) is 25.3 Å². The fourth-order valence-corrected chi connectivity index (χ4v) is 3.77. The molecular weight excluding hydrogens is 298 g/mol. The standard InChI is InChI=1S/C17H29NO5/c1-13-6-3-4-7-14(13)23-10-15(19)18-9-5-8-17(11-18,12-22-2)16(20)21/h13-14H,3-12H2,1-2H3,(H,20,21). The first-order valence-corrected chi connectivity index (χ1v) is 8.60. The number of hydrogen-bond acceptors (Lipinski definition) is 4. The monoisotopic (exact) mass is 327 g/mol. The van der Waals surface area contributed by atoms with E-state index >= 15 is 0 Å². The summed E-state index contributed by atoms with van der Waals surface area (Å²) in [5.74, 6) is -0.507. The van der Waals surface area contributed by atoms with Gasteiger partial charge in [-0.3, -0.25) is 9.59 Å². The Balaban J connectivity index is 1.89. The summed E-state index contributed by atoms with van der Waals surface area (Å²) < 4.78 is 10.9. The van der Waals surface area contributed by atoms with Crippen molar-refractivity contribution in [2.45, 2.75) is 51.6 Å². The van der Waals surface area contributed by atoms with Crippen molar-refractivity contribution in [3.05, 3.63) is 0 Å². The van der Waals surface area contributed by atoms with Crippen LogP contribution in [0.25, 0.3) is 0 Å². The third-order valence-electron chi connectivity index (χ3n) is 5.26. The molecule has 2 rings (SSSR count). The fourth-order valence-electron chi connectivity index (χ4n) is 3.77. The summed E-state index contributed by atoms with van der Waals surface area (Å²) in [6, 6.07) is 0. The summed E-state index contributed by atoms with van der Waals surface area (Å²) in [4.78, 5) is 25.7. The van der Waals surface area contributed by atoms with E-state index in [1.807, 2.05) is 0 Å². The van der Waals surface area contributed by atoms with Crippen LogP contribution in [0.5, 0.6) is 0 Å². The summed E-state index contributed by atoms with van der Waals surface area (Å²) >= 11 is 0. The number of nitrogens with zero attached hydrogens (tertiary/aromatic N) is 1. The number of carbonyl (C=O) groups is 2. The summed E-state index contributed by atoms with van der Waals surface area (Å²) in [6.07, 6.45) is 5.93. The normalized spacial score (nSPS) is 31.8. The SMILES string of the molecule is COCC1(C(=O)O)CCCN(C(=O)COC2CCCCC2C)C1. The number of carbonyl (C=O) groups excluding carboxylic acids is 1. The first kappa shape index (κ1) is 18.2. The molecule has 1 aliphatic carbocycles. The summed E-state index contributed by atoms with van der Waals surface area (Å²) in [6.45, 7) is 3.16. The predicted molar refractivity (Wildman–Crippen MR) is 85.1 cm³/mol. The number of rotatable bonds is 6. The maximum absolute atomic E-state index is 12.4. The molecule has 132 valence electrons. The largest absolute Gasteiger partial charge is 0.481 e. The lowest BCUT2D eigenvalue weighted by atomic mass is 9.80. The van der Waals surface area contributed by atoms with Crippen LogP contribution in [0, 0.1) is 11.3 Å². The summed E-state index contributed by atoms with van der Waals surface area (Å²) in [7, 11) is 1.50. The number of methoxy groups -OCH3 is 1. The molecule has 0 aromatic rings. The van der Waals surface area contributed by atoms with Gasteiger partial charge in [-0.15, -0.1) is 0 Å². The number of carboxylic acids is 1. The highest BCUT2D eigenvalue weighted by atomic mass is 16.5. The Bertz CT molecular complexity index is 423. The third-order valence-corrected chi connectivity index (χ3v) is 5.26. The van der Waals surface area contributed by atoms with Crippen LogP contribution in [-0.2, 0) is 19.1 Å². The van der Waals surface area contributed by atoms with Gasteiger partial charge in [0.25, 0.3) is 0 Å². The van der Waals surface area contributed by atoms with Crippen molar-refractivity contribution in [2.24, 2.45) is 11.3 Å². The molecule has 23 heavy (non-hydrogen) atoms. The lowest BCUT2D eigenvalue weighted by Crippen LogP contribution is -2.53. The Hall–Kier alpha value is -1.14. The fraction of sp³-hybridized carbons (Fsp3) is 0.882. The molecular formula is C17H29NO5. The van der Waals surface area contributed by atoms with Crippen LogP contribution in [0.15, 0.2) is 0 Å².